The molecule has 0 radical (unpaired) electrons. The van der Waals surface area contributed by atoms with Gasteiger partial charge in [0.25, 0.3) is 0 Å². The molecule has 4 saturated heterocycles. The summed E-state index contributed by atoms with van der Waals surface area (Å²) in [5.74, 6) is 0.285. The monoisotopic (exact) mass is 704 g/mol. The molecule has 4 aliphatic heterocycles. The van der Waals surface area contributed by atoms with E-state index >= 15 is 0 Å². The van der Waals surface area contributed by atoms with Gasteiger partial charge in [0.05, 0.1) is 62.0 Å². The van der Waals surface area contributed by atoms with E-state index in [0.29, 0.717) is 125 Å². The van der Waals surface area contributed by atoms with Crippen LogP contribution in [-0.2, 0) is 57.1 Å². The highest BCUT2D eigenvalue weighted by atomic mass is 16.6. The fourth-order valence-electron chi connectivity index (χ4n) is 8.36. The molecular formula is C38H56O12. The zero-order valence-electron chi connectivity index (χ0n) is 29.4. The van der Waals surface area contributed by atoms with Gasteiger partial charge >= 0.3 is 23.9 Å². The highest BCUT2D eigenvalue weighted by Gasteiger charge is 2.47. The fraction of sp³-hybridized carbons (Fsp3) is 0.895. The van der Waals surface area contributed by atoms with E-state index < -0.39 is 0 Å². The molecule has 12 nitrogen and oxygen atoms in total. The molecule has 12 heteroatoms. The van der Waals surface area contributed by atoms with Gasteiger partial charge in [0.1, 0.15) is 12.2 Å². The number of fused-ring (bicyclic) bond motifs is 4. The molecule has 8 rings (SSSR count). The SMILES string of the molecule is O=C(CCCCC(=O)OC1CCC2OC2C1)OC1CCC2OC2C1.O=C(CCCCC(=O)OCC1CCC2OC2C1)OCC1CCC2OC2C1. The van der Waals surface area contributed by atoms with Crippen molar-refractivity contribution in [3.05, 3.63) is 0 Å². The quantitative estimate of drug-likeness (QED) is 0.0915. The number of carbonyl (C=O) groups is 4. The average molecular weight is 705 g/mol. The van der Waals surface area contributed by atoms with Crippen molar-refractivity contribution in [1.82, 2.24) is 0 Å². The van der Waals surface area contributed by atoms with Crippen molar-refractivity contribution < 1.29 is 57.1 Å². The molecule has 50 heavy (non-hydrogen) atoms. The summed E-state index contributed by atoms with van der Waals surface area (Å²) in [6, 6.07) is 0. The summed E-state index contributed by atoms with van der Waals surface area (Å²) in [6.07, 6.45) is 19.5. The Bertz CT molecular complexity index is 1100. The first-order valence-corrected chi connectivity index (χ1v) is 19.7. The number of unbranched alkanes of at least 4 members (excludes halogenated alkanes) is 2. The first-order chi connectivity index (χ1) is 24.3. The zero-order chi connectivity index (χ0) is 34.5. The number of ether oxygens (including phenoxy) is 8. The van der Waals surface area contributed by atoms with Gasteiger partial charge in [0.2, 0.25) is 0 Å². The summed E-state index contributed by atoms with van der Waals surface area (Å²) in [5, 5.41) is 0. The van der Waals surface area contributed by atoms with Crippen molar-refractivity contribution in [2.45, 2.75) is 189 Å². The van der Waals surface area contributed by atoms with E-state index in [-0.39, 0.29) is 36.1 Å². The molecular weight excluding hydrogens is 648 g/mol. The van der Waals surface area contributed by atoms with Crippen molar-refractivity contribution >= 4 is 23.9 Å². The van der Waals surface area contributed by atoms with Crippen LogP contribution < -0.4 is 0 Å². The molecule has 12 atom stereocenters. The van der Waals surface area contributed by atoms with Crippen molar-refractivity contribution in [3.63, 3.8) is 0 Å². The van der Waals surface area contributed by atoms with Gasteiger partial charge in [0.15, 0.2) is 0 Å². The van der Waals surface area contributed by atoms with Gasteiger partial charge in [-0.1, -0.05) is 0 Å². The Morgan fingerprint density at radius 1 is 0.400 bits per heavy atom. The molecule has 12 unspecified atom stereocenters. The lowest BCUT2D eigenvalue weighted by molar-refractivity contribution is -0.152. The molecule has 0 spiro atoms. The second-order valence-electron chi connectivity index (χ2n) is 15.8. The van der Waals surface area contributed by atoms with Gasteiger partial charge in [-0.15, -0.1) is 0 Å². The fourth-order valence-corrected chi connectivity index (χ4v) is 8.36. The minimum Gasteiger partial charge on any atom is -0.465 e. The first kappa shape index (κ1) is 36.1. The summed E-state index contributed by atoms with van der Waals surface area (Å²) < 4.78 is 43.6. The summed E-state index contributed by atoms with van der Waals surface area (Å²) in [5.41, 5.74) is 0. The van der Waals surface area contributed by atoms with Crippen LogP contribution in [0.1, 0.15) is 128 Å². The number of esters is 4. The smallest absolute Gasteiger partial charge is 0.306 e. The predicted octanol–water partition coefficient (Wildman–Crippen LogP) is 5.04. The van der Waals surface area contributed by atoms with Crippen LogP contribution in [-0.4, -0.2) is 98.1 Å². The molecule has 4 aliphatic carbocycles. The Kier molecular flexibility index (Phi) is 12.3. The minimum atomic E-state index is -0.156. The van der Waals surface area contributed by atoms with Crippen molar-refractivity contribution in [2.75, 3.05) is 13.2 Å². The molecule has 0 aromatic rings. The van der Waals surface area contributed by atoms with Crippen molar-refractivity contribution in [3.8, 4) is 0 Å². The molecule has 0 aromatic carbocycles. The van der Waals surface area contributed by atoms with Crippen molar-refractivity contribution in [1.29, 1.82) is 0 Å². The third-order valence-corrected chi connectivity index (χ3v) is 11.7. The number of epoxide rings is 4. The maximum absolute atomic E-state index is 11.8. The van der Waals surface area contributed by atoms with E-state index in [2.05, 4.69) is 0 Å². The van der Waals surface area contributed by atoms with Gasteiger partial charge in [-0.2, -0.15) is 0 Å². The van der Waals surface area contributed by atoms with Crippen LogP contribution >= 0.6 is 0 Å². The van der Waals surface area contributed by atoms with E-state index in [1.807, 2.05) is 0 Å². The highest BCUT2D eigenvalue weighted by Crippen LogP contribution is 2.41. The molecule has 280 valence electrons. The maximum Gasteiger partial charge on any atom is 0.306 e. The second kappa shape index (κ2) is 17.0. The van der Waals surface area contributed by atoms with Crippen molar-refractivity contribution in [2.24, 2.45) is 11.8 Å². The van der Waals surface area contributed by atoms with E-state index in [0.717, 1.165) is 77.0 Å². The molecule has 0 bridgehead atoms. The number of hydrogen-bond acceptors (Lipinski definition) is 12. The van der Waals surface area contributed by atoms with Gasteiger partial charge in [-0.3, -0.25) is 19.2 Å². The minimum absolute atomic E-state index is 0.0194. The third kappa shape index (κ3) is 11.4. The maximum atomic E-state index is 11.8. The van der Waals surface area contributed by atoms with Crippen LogP contribution in [0, 0.1) is 11.8 Å². The molecule has 0 aromatic heterocycles. The van der Waals surface area contributed by atoms with E-state index in [9.17, 15) is 19.2 Å². The van der Waals surface area contributed by atoms with Crippen LogP contribution in [0.4, 0.5) is 0 Å². The van der Waals surface area contributed by atoms with E-state index in [4.69, 9.17) is 37.9 Å². The third-order valence-electron chi connectivity index (χ3n) is 11.7. The predicted molar refractivity (Wildman–Crippen MR) is 176 cm³/mol. The van der Waals surface area contributed by atoms with Crippen LogP contribution in [0.2, 0.25) is 0 Å². The lowest BCUT2D eigenvalue weighted by Crippen LogP contribution is -2.25. The summed E-state index contributed by atoms with van der Waals surface area (Å²) >= 11 is 0. The average Bonchev–Trinajstić information content (AvgIpc) is 3.91. The molecule has 8 fully saturated rings. The summed E-state index contributed by atoms with van der Waals surface area (Å²) in [7, 11) is 0. The summed E-state index contributed by atoms with van der Waals surface area (Å²) in [6.45, 7) is 1.03. The lowest BCUT2D eigenvalue weighted by Gasteiger charge is -2.20. The van der Waals surface area contributed by atoms with Crippen LogP contribution in [0.3, 0.4) is 0 Å². The Morgan fingerprint density at radius 2 is 0.740 bits per heavy atom. The normalized spacial score (nSPS) is 38.2. The topological polar surface area (TPSA) is 155 Å². The van der Waals surface area contributed by atoms with Gasteiger partial charge in [-0.25, -0.2) is 0 Å². The Morgan fingerprint density at radius 3 is 1.10 bits per heavy atom. The molecule has 4 heterocycles. The molecule has 0 N–H and O–H groups in total. The van der Waals surface area contributed by atoms with Gasteiger partial charge < -0.3 is 37.9 Å². The number of rotatable bonds is 16. The second-order valence-corrected chi connectivity index (χ2v) is 15.8. The molecule has 8 aliphatic rings. The first-order valence-electron chi connectivity index (χ1n) is 19.7. The zero-order valence-corrected chi connectivity index (χ0v) is 29.4. The Balaban J connectivity index is 0.000000157. The van der Waals surface area contributed by atoms with Crippen LogP contribution in [0.5, 0.6) is 0 Å². The Labute approximate surface area is 295 Å². The lowest BCUT2D eigenvalue weighted by atomic mass is 9.90. The summed E-state index contributed by atoms with van der Waals surface area (Å²) in [4.78, 5) is 47.3. The van der Waals surface area contributed by atoms with E-state index in [1.54, 1.807) is 0 Å². The van der Waals surface area contributed by atoms with Crippen LogP contribution in [0.25, 0.3) is 0 Å². The van der Waals surface area contributed by atoms with Gasteiger partial charge in [0, 0.05) is 38.5 Å². The van der Waals surface area contributed by atoms with Gasteiger partial charge in [-0.05, 0) is 102 Å². The largest absolute Gasteiger partial charge is 0.465 e. The van der Waals surface area contributed by atoms with E-state index in [1.165, 1.54) is 0 Å². The molecule has 4 saturated carbocycles. The highest BCUT2D eigenvalue weighted by molar-refractivity contribution is 5.71. The molecule has 0 amide bonds. The Hall–Kier alpha value is -2.28. The number of hydrogen-bond donors (Lipinski definition) is 0. The van der Waals surface area contributed by atoms with Crippen LogP contribution in [0.15, 0.2) is 0 Å². The number of carbonyl (C=O) groups excluding carboxylic acids is 4. The standard InChI is InChI=1S/C20H30O6.C18H26O6/c21-19(23-11-13-5-7-15-17(9-13)25-15)3-1-2-4-20(22)24-12-14-6-8-16-18(10-14)26-16;19-17(21-11-5-7-13-15(9-11)23-13)3-1-2-4-18(20)22-12-6-8-14-16(10-12)24-14/h13-18H,1-12H2;11-16H,1-10H2.